The van der Waals surface area contributed by atoms with Crippen LogP contribution in [0.2, 0.25) is 0 Å². The molecule has 1 aromatic carbocycles. The first-order chi connectivity index (χ1) is 24.7. The van der Waals surface area contributed by atoms with Gasteiger partial charge in [0.25, 0.3) is 0 Å². The number of esters is 1. The molecule has 1 aromatic rings. The van der Waals surface area contributed by atoms with Crippen LogP contribution in [0.1, 0.15) is 38.1 Å². The Bertz CT molecular complexity index is 1240. The molecule has 2 fully saturated rings. The van der Waals surface area contributed by atoms with Gasteiger partial charge in [0.15, 0.2) is 24.5 Å². The summed E-state index contributed by atoms with van der Waals surface area (Å²) in [4.78, 5) is 37.1. The Morgan fingerprint density at radius 3 is 1.94 bits per heavy atom. The Hall–Kier alpha value is -2.85. The molecule has 3 rings (SSSR count). The SMILES string of the molecule is COC1OC(C(=O)OCCOCCOCCOCCOc2ccc(C(=O)C(C)(C)O)cc2)[C@@H](O[C@@H]2OC(CO)C(O)[C@H](C)C2NC(C)=O)C(O)C1O. The number of benzene rings is 1. The molecule has 2 aliphatic rings. The highest BCUT2D eigenvalue weighted by Gasteiger charge is 2.53. The second-order valence-electron chi connectivity index (χ2n) is 12.8. The highest BCUT2D eigenvalue weighted by molar-refractivity contribution is 6.01. The molecule has 296 valence electrons. The third-order valence-electron chi connectivity index (χ3n) is 8.32. The van der Waals surface area contributed by atoms with Crippen LogP contribution in [0.25, 0.3) is 0 Å². The zero-order valence-electron chi connectivity index (χ0n) is 30.1. The summed E-state index contributed by atoms with van der Waals surface area (Å²) in [6, 6.07) is 5.51. The number of ether oxygens (including phenoxy) is 9. The molecule has 6 N–H and O–H groups in total. The van der Waals surface area contributed by atoms with Gasteiger partial charge in [-0.3, -0.25) is 9.59 Å². The van der Waals surface area contributed by atoms with Crippen molar-refractivity contribution < 1.29 is 82.5 Å². The van der Waals surface area contributed by atoms with Gasteiger partial charge >= 0.3 is 5.97 Å². The average Bonchev–Trinajstić information content (AvgIpc) is 3.11. The predicted molar refractivity (Wildman–Crippen MR) is 177 cm³/mol. The third-order valence-corrected chi connectivity index (χ3v) is 8.32. The fraction of sp³-hybridized carbons (Fsp3) is 0.735. The van der Waals surface area contributed by atoms with Gasteiger partial charge in [-0.2, -0.15) is 0 Å². The van der Waals surface area contributed by atoms with Gasteiger partial charge in [0.05, 0.1) is 58.4 Å². The van der Waals surface area contributed by atoms with Gasteiger partial charge in [-0.25, -0.2) is 4.79 Å². The van der Waals surface area contributed by atoms with Crippen LogP contribution in [0.4, 0.5) is 0 Å². The van der Waals surface area contributed by atoms with Crippen LogP contribution >= 0.6 is 0 Å². The minimum absolute atomic E-state index is 0.00308. The zero-order valence-corrected chi connectivity index (χ0v) is 30.1. The van der Waals surface area contributed by atoms with Crippen molar-refractivity contribution in [2.24, 2.45) is 5.92 Å². The number of methoxy groups -OCH3 is 1. The number of hydrogen-bond acceptors (Lipinski definition) is 17. The zero-order chi connectivity index (χ0) is 38.4. The summed E-state index contributed by atoms with van der Waals surface area (Å²) in [6.07, 6.45) is -11.6. The number of Topliss-reactive ketones (excluding diaryl/α,β-unsaturated/α-hetero) is 1. The van der Waals surface area contributed by atoms with Crippen molar-refractivity contribution in [1.82, 2.24) is 5.32 Å². The second-order valence-corrected chi connectivity index (χ2v) is 12.8. The molecular weight excluding hydrogens is 694 g/mol. The van der Waals surface area contributed by atoms with Gasteiger partial charge in [0, 0.05) is 25.5 Å². The van der Waals surface area contributed by atoms with E-state index in [-0.39, 0.29) is 38.8 Å². The van der Waals surface area contributed by atoms with Crippen LogP contribution in [0, 0.1) is 5.92 Å². The molecule has 0 bridgehead atoms. The summed E-state index contributed by atoms with van der Waals surface area (Å²) in [6.45, 7) is 6.56. The quantitative estimate of drug-likeness (QED) is 0.0467. The Morgan fingerprint density at radius 1 is 0.827 bits per heavy atom. The molecule has 18 nitrogen and oxygen atoms in total. The lowest BCUT2D eigenvalue weighted by Gasteiger charge is -2.47. The van der Waals surface area contributed by atoms with Crippen LogP contribution in [-0.4, -0.2) is 171 Å². The van der Waals surface area contributed by atoms with Crippen LogP contribution in [-0.2, 0) is 47.5 Å². The largest absolute Gasteiger partial charge is 0.491 e. The van der Waals surface area contributed by atoms with Gasteiger partial charge in [-0.15, -0.1) is 0 Å². The Morgan fingerprint density at radius 2 is 1.40 bits per heavy atom. The average molecular weight is 748 g/mol. The fourth-order valence-corrected chi connectivity index (χ4v) is 5.47. The van der Waals surface area contributed by atoms with Gasteiger partial charge in [0.1, 0.15) is 49.0 Å². The normalized spacial score (nSPS) is 29.3. The number of carbonyl (C=O) groups excluding carboxylic acids is 3. The maximum absolute atomic E-state index is 13.1. The first-order valence-corrected chi connectivity index (χ1v) is 17.0. The summed E-state index contributed by atoms with van der Waals surface area (Å²) in [7, 11) is 1.21. The lowest BCUT2D eigenvalue weighted by atomic mass is 9.88. The van der Waals surface area contributed by atoms with E-state index in [2.05, 4.69) is 5.32 Å². The number of ketones is 1. The topological polar surface area (TPSA) is 247 Å². The molecular formula is C34H53NO17. The molecule has 2 aliphatic heterocycles. The molecule has 2 heterocycles. The van der Waals surface area contributed by atoms with Gasteiger partial charge < -0.3 is 73.5 Å². The number of rotatable bonds is 21. The van der Waals surface area contributed by atoms with E-state index in [1.54, 1.807) is 31.2 Å². The predicted octanol–water partition coefficient (Wildman–Crippen LogP) is -1.69. The first kappa shape index (κ1) is 43.6. The molecule has 52 heavy (non-hydrogen) atoms. The molecule has 18 heteroatoms. The smallest absolute Gasteiger partial charge is 0.338 e. The summed E-state index contributed by atoms with van der Waals surface area (Å²) in [5.74, 6) is -1.92. The number of aliphatic hydroxyl groups is 5. The standard InChI is InChI=1S/C34H53NO17/c1-19-24(35-20(2)37)32(50-23(18-36)25(19)38)51-28-26(39)27(40)33(44-5)52-29(28)31(42)49-17-15-47-13-11-45-10-12-46-14-16-48-22-8-6-21(7-9-22)30(41)34(3,4)43/h6-9,19,23-29,32-33,36,38-40,43H,10-18H2,1-5H3,(H,35,37)/t19-,23?,24?,25?,26?,27?,28+,29?,32+,33?/m1/s1. The van der Waals surface area contributed by atoms with E-state index in [4.69, 9.17) is 42.6 Å². The lowest BCUT2D eigenvalue weighted by Crippen LogP contribution is -2.66. The van der Waals surface area contributed by atoms with Crippen molar-refractivity contribution in [3.63, 3.8) is 0 Å². The molecule has 0 spiro atoms. The van der Waals surface area contributed by atoms with E-state index in [0.717, 1.165) is 0 Å². The van der Waals surface area contributed by atoms with Crippen LogP contribution < -0.4 is 10.1 Å². The molecule has 0 aromatic heterocycles. The van der Waals surface area contributed by atoms with E-state index in [9.17, 15) is 39.9 Å². The van der Waals surface area contributed by atoms with Crippen molar-refractivity contribution >= 4 is 17.7 Å². The highest BCUT2D eigenvalue weighted by atomic mass is 16.7. The Kier molecular flexibility index (Phi) is 17.7. The van der Waals surface area contributed by atoms with Crippen molar-refractivity contribution in [1.29, 1.82) is 0 Å². The van der Waals surface area contributed by atoms with Gasteiger partial charge in [-0.05, 0) is 38.1 Å². The van der Waals surface area contributed by atoms with Crippen molar-refractivity contribution in [2.45, 2.75) is 88.5 Å². The second kappa shape index (κ2) is 21.1. The monoisotopic (exact) mass is 747 g/mol. The van der Waals surface area contributed by atoms with Crippen molar-refractivity contribution in [3.8, 4) is 5.75 Å². The van der Waals surface area contributed by atoms with E-state index in [1.165, 1.54) is 27.9 Å². The molecule has 2 saturated heterocycles. The Balaban J connectivity index is 1.35. The maximum atomic E-state index is 13.1. The fourth-order valence-electron chi connectivity index (χ4n) is 5.47. The third kappa shape index (κ3) is 12.6. The summed E-state index contributed by atoms with van der Waals surface area (Å²) in [5.41, 5.74) is -1.07. The minimum atomic E-state index is -1.73. The van der Waals surface area contributed by atoms with E-state index < -0.39 is 85.2 Å². The first-order valence-electron chi connectivity index (χ1n) is 17.0. The number of hydrogen-bond donors (Lipinski definition) is 6. The lowest BCUT2D eigenvalue weighted by molar-refractivity contribution is -0.335. The summed E-state index contributed by atoms with van der Waals surface area (Å²) >= 11 is 0. The number of carbonyl (C=O) groups is 3. The van der Waals surface area contributed by atoms with E-state index in [1.807, 2.05) is 0 Å². The van der Waals surface area contributed by atoms with Gasteiger partial charge in [-0.1, -0.05) is 6.92 Å². The number of aliphatic hydroxyl groups excluding tert-OH is 4. The Labute approximate surface area is 302 Å². The van der Waals surface area contributed by atoms with Crippen LogP contribution in [0.15, 0.2) is 24.3 Å². The molecule has 7 unspecified atom stereocenters. The molecule has 0 radical (unpaired) electrons. The summed E-state index contributed by atoms with van der Waals surface area (Å²) in [5, 5.41) is 54.1. The molecule has 1 amide bonds. The van der Waals surface area contributed by atoms with Crippen LogP contribution in [0.3, 0.4) is 0 Å². The van der Waals surface area contributed by atoms with Crippen LogP contribution in [0.5, 0.6) is 5.75 Å². The molecule has 10 atom stereocenters. The van der Waals surface area contributed by atoms with E-state index >= 15 is 0 Å². The summed E-state index contributed by atoms with van der Waals surface area (Å²) < 4.78 is 49.5. The number of nitrogens with one attached hydrogen (secondary N) is 1. The molecule has 0 aliphatic carbocycles. The number of amides is 1. The highest BCUT2D eigenvalue weighted by Crippen LogP contribution is 2.32. The minimum Gasteiger partial charge on any atom is -0.491 e. The van der Waals surface area contributed by atoms with Gasteiger partial charge in [0.2, 0.25) is 5.91 Å². The van der Waals surface area contributed by atoms with E-state index in [0.29, 0.717) is 31.1 Å². The van der Waals surface area contributed by atoms with Crippen molar-refractivity contribution in [3.05, 3.63) is 29.8 Å². The van der Waals surface area contributed by atoms with Crippen molar-refractivity contribution in [2.75, 3.05) is 66.6 Å². The maximum Gasteiger partial charge on any atom is 0.338 e. The molecule has 0 saturated carbocycles.